The van der Waals surface area contributed by atoms with E-state index in [0.29, 0.717) is 0 Å². The van der Waals surface area contributed by atoms with E-state index < -0.39 is 16.4 Å². The maximum atomic E-state index is 12.1. The molecule has 0 bridgehead atoms. The molecule has 0 heterocycles. The second-order valence-electron chi connectivity index (χ2n) is 5.29. The fourth-order valence-electron chi connectivity index (χ4n) is 3.41. The van der Waals surface area contributed by atoms with Crippen molar-refractivity contribution >= 4 is 5.97 Å². The van der Waals surface area contributed by atoms with Crippen LogP contribution in [0.4, 0.5) is 0 Å². The van der Waals surface area contributed by atoms with Crippen molar-refractivity contribution < 1.29 is 14.5 Å². The highest BCUT2D eigenvalue weighted by Gasteiger charge is 2.82. The summed E-state index contributed by atoms with van der Waals surface area (Å²) in [5.41, 5.74) is -0.590. The number of hydrogen-bond donors (Lipinski definition) is 0. The van der Waals surface area contributed by atoms with Crippen molar-refractivity contribution in [1.29, 1.82) is 0 Å². The van der Waals surface area contributed by atoms with Crippen molar-refractivity contribution in [2.75, 3.05) is 0 Å². The third kappa shape index (κ3) is 1.72. The Balaban J connectivity index is 1.68. The summed E-state index contributed by atoms with van der Waals surface area (Å²) in [6.45, 7) is 0.106. The topological polar surface area (TPSA) is 69.4 Å². The zero-order valence-electron chi connectivity index (χ0n) is 10.5. The third-order valence-corrected chi connectivity index (χ3v) is 4.38. The predicted octanol–water partition coefficient (Wildman–Crippen LogP) is 2.18. The van der Waals surface area contributed by atoms with Crippen molar-refractivity contribution in [2.45, 2.75) is 31.4 Å². The number of nitro groups is 1. The van der Waals surface area contributed by atoms with Gasteiger partial charge in [0.05, 0.1) is 11.8 Å². The standard InChI is InChI=1S/C14H15NO4/c16-13(19-9-10-5-2-1-3-6-10)14(15(17)18)11-7-4-8-12(11)14/h1-3,5-6,11-12H,4,7-9H2/t11-,12+,14?. The van der Waals surface area contributed by atoms with Crippen LogP contribution in [0.15, 0.2) is 30.3 Å². The van der Waals surface area contributed by atoms with Crippen LogP contribution in [-0.2, 0) is 16.1 Å². The van der Waals surface area contributed by atoms with E-state index in [9.17, 15) is 14.9 Å². The maximum Gasteiger partial charge on any atom is 0.385 e. The molecule has 5 heteroatoms. The first-order valence-electron chi connectivity index (χ1n) is 6.53. The van der Waals surface area contributed by atoms with Crippen molar-refractivity contribution in [2.24, 2.45) is 11.8 Å². The summed E-state index contributed by atoms with van der Waals surface area (Å²) in [5, 5.41) is 11.3. The van der Waals surface area contributed by atoms with Gasteiger partial charge in [0.1, 0.15) is 6.61 Å². The van der Waals surface area contributed by atoms with Gasteiger partial charge in [-0.05, 0) is 18.4 Å². The van der Waals surface area contributed by atoms with E-state index in [-0.39, 0.29) is 18.4 Å². The molecule has 1 aromatic rings. The van der Waals surface area contributed by atoms with Crippen LogP contribution in [-0.4, -0.2) is 16.4 Å². The summed E-state index contributed by atoms with van der Waals surface area (Å²) in [6.07, 6.45) is 2.52. The van der Waals surface area contributed by atoms with Gasteiger partial charge < -0.3 is 4.74 Å². The molecule has 0 amide bonds. The summed E-state index contributed by atoms with van der Waals surface area (Å²) < 4.78 is 5.17. The molecule has 3 atom stereocenters. The smallest absolute Gasteiger partial charge is 0.385 e. The molecular weight excluding hydrogens is 246 g/mol. The fourth-order valence-corrected chi connectivity index (χ4v) is 3.41. The van der Waals surface area contributed by atoms with Gasteiger partial charge in [0.2, 0.25) is 0 Å². The highest BCUT2D eigenvalue weighted by molar-refractivity contribution is 5.84. The second kappa shape index (κ2) is 4.33. The molecule has 2 saturated carbocycles. The van der Waals surface area contributed by atoms with Gasteiger partial charge in [0, 0.05) is 4.92 Å². The van der Waals surface area contributed by atoms with E-state index >= 15 is 0 Å². The van der Waals surface area contributed by atoms with Gasteiger partial charge in [-0.25, -0.2) is 4.79 Å². The zero-order chi connectivity index (χ0) is 13.5. The molecule has 0 radical (unpaired) electrons. The number of benzene rings is 1. The SMILES string of the molecule is O=C(OCc1ccccc1)C1([N+](=O)[O-])[C@@H]2CCC[C@@H]21. The van der Waals surface area contributed by atoms with Gasteiger partial charge >= 0.3 is 11.5 Å². The lowest BCUT2D eigenvalue weighted by Crippen LogP contribution is -2.38. The van der Waals surface area contributed by atoms with Crippen LogP contribution in [0.1, 0.15) is 24.8 Å². The molecule has 2 aliphatic carbocycles. The van der Waals surface area contributed by atoms with E-state index in [1.54, 1.807) is 0 Å². The minimum atomic E-state index is -1.44. The van der Waals surface area contributed by atoms with Crippen molar-refractivity contribution in [3.63, 3.8) is 0 Å². The van der Waals surface area contributed by atoms with Crippen LogP contribution >= 0.6 is 0 Å². The monoisotopic (exact) mass is 261 g/mol. The van der Waals surface area contributed by atoms with Crippen LogP contribution in [0, 0.1) is 22.0 Å². The molecule has 1 aromatic carbocycles. The average Bonchev–Trinajstić information content (AvgIpc) is 2.80. The number of nitrogens with zero attached hydrogens (tertiary/aromatic N) is 1. The Bertz CT molecular complexity index is 503. The van der Waals surface area contributed by atoms with Gasteiger partial charge in [-0.3, -0.25) is 10.1 Å². The Morgan fingerprint density at radius 1 is 1.32 bits per heavy atom. The van der Waals surface area contributed by atoms with Crippen molar-refractivity contribution in [3.8, 4) is 0 Å². The fraction of sp³-hybridized carbons (Fsp3) is 0.500. The number of esters is 1. The number of carbonyl (C=O) groups is 1. The molecule has 0 saturated heterocycles. The van der Waals surface area contributed by atoms with E-state index in [2.05, 4.69) is 0 Å². The van der Waals surface area contributed by atoms with Gasteiger partial charge in [0.25, 0.3) is 0 Å². The first-order valence-corrected chi connectivity index (χ1v) is 6.53. The van der Waals surface area contributed by atoms with E-state index in [0.717, 1.165) is 24.8 Å². The van der Waals surface area contributed by atoms with Crippen molar-refractivity contribution in [3.05, 3.63) is 46.0 Å². The number of carbonyl (C=O) groups excluding carboxylic acids is 1. The van der Waals surface area contributed by atoms with E-state index in [4.69, 9.17) is 4.74 Å². The third-order valence-electron chi connectivity index (χ3n) is 4.38. The number of hydrogen-bond acceptors (Lipinski definition) is 4. The molecule has 0 aliphatic heterocycles. The zero-order valence-corrected chi connectivity index (χ0v) is 10.5. The van der Waals surface area contributed by atoms with Gasteiger partial charge in [0.15, 0.2) is 0 Å². The molecule has 1 unspecified atom stereocenters. The quantitative estimate of drug-likeness (QED) is 0.473. The molecular formula is C14H15NO4. The summed E-state index contributed by atoms with van der Waals surface area (Å²) >= 11 is 0. The predicted molar refractivity (Wildman–Crippen MR) is 66.8 cm³/mol. The molecule has 19 heavy (non-hydrogen) atoms. The van der Waals surface area contributed by atoms with E-state index in [1.165, 1.54) is 0 Å². The summed E-state index contributed by atoms with van der Waals surface area (Å²) in [7, 11) is 0. The molecule has 100 valence electrons. The summed E-state index contributed by atoms with van der Waals surface area (Å²) in [6, 6.07) is 9.23. The Morgan fingerprint density at radius 2 is 1.95 bits per heavy atom. The lowest BCUT2D eigenvalue weighted by atomic mass is 10.1. The first kappa shape index (κ1) is 12.1. The van der Waals surface area contributed by atoms with Crippen LogP contribution in [0.2, 0.25) is 0 Å². The molecule has 0 spiro atoms. The Labute approximate surface area is 110 Å². The average molecular weight is 261 g/mol. The first-order chi connectivity index (χ1) is 9.17. The van der Waals surface area contributed by atoms with Gasteiger partial charge in [-0.1, -0.05) is 36.8 Å². The molecule has 2 aliphatic rings. The lowest BCUT2D eigenvalue weighted by Gasteiger charge is -2.12. The normalized spacial score (nSPS) is 31.6. The van der Waals surface area contributed by atoms with Gasteiger partial charge in [-0.15, -0.1) is 0 Å². The van der Waals surface area contributed by atoms with Crippen molar-refractivity contribution in [1.82, 2.24) is 0 Å². The molecule has 3 rings (SSSR count). The lowest BCUT2D eigenvalue weighted by molar-refractivity contribution is -0.534. The van der Waals surface area contributed by atoms with Crippen LogP contribution in [0.3, 0.4) is 0 Å². The minimum absolute atomic E-state index is 0.106. The van der Waals surface area contributed by atoms with Crippen LogP contribution in [0.25, 0.3) is 0 Å². The molecule has 5 nitrogen and oxygen atoms in total. The highest BCUT2D eigenvalue weighted by Crippen LogP contribution is 2.62. The molecule has 0 aromatic heterocycles. The maximum absolute atomic E-state index is 12.1. The number of rotatable bonds is 4. The molecule has 0 N–H and O–H groups in total. The second-order valence-corrected chi connectivity index (χ2v) is 5.29. The number of ether oxygens (including phenoxy) is 1. The minimum Gasteiger partial charge on any atom is -0.456 e. The largest absolute Gasteiger partial charge is 0.456 e. The highest BCUT2D eigenvalue weighted by atomic mass is 16.6. The van der Waals surface area contributed by atoms with E-state index in [1.807, 2.05) is 30.3 Å². The van der Waals surface area contributed by atoms with Crippen LogP contribution < -0.4 is 0 Å². The number of fused-ring (bicyclic) bond motifs is 1. The summed E-state index contributed by atoms with van der Waals surface area (Å²) in [4.78, 5) is 22.9. The Hall–Kier alpha value is -1.91. The summed E-state index contributed by atoms with van der Waals surface area (Å²) in [5.74, 6) is -0.868. The Kier molecular flexibility index (Phi) is 2.77. The van der Waals surface area contributed by atoms with Gasteiger partial charge in [-0.2, -0.15) is 0 Å². The Morgan fingerprint density at radius 3 is 2.53 bits per heavy atom. The van der Waals surface area contributed by atoms with Crippen LogP contribution in [0.5, 0.6) is 0 Å². The molecule has 2 fully saturated rings.